The fraction of sp³-hybridized carbons (Fsp3) is 0.294. The van der Waals surface area contributed by atoms with Gasteiger partial charge in [-0.25, -0.2) is 0 Å². The van der Waals surface area contributed by atoms with Crippen LogP contribution in [0.5, 0.6) is 5.75 Å². The van der Waals surface area contributed by atoms with E-state index < -0.39 is 0 Å². The zero-order valence-electron chi connectivity index (χ0n) is 12.6. The first kappa shape index (κ1) is 15.0. The van der Waals surface area contributed by atoms with Crippen molar-refractivity contribution in [3.05, 3.63) is 47.1 Å². The van der Waals surface area contributed by atoms with E-state index >= 15 is 0 Å². The number of aryl methyl sites for hydroxylation is 1. The van der Waals surface area contributed by atoms with E-state index in [1.807, 2.05) is 19.1 Å². The van der Waals surface area contributed by atoms with E-state index in [0.29, 0.717) is 12.2 Å². The van der Waals surface area contributed by atoms with E-state index in [0.717, 1.165) is 29.7 Å². The molecule has 21 heavy (non-hydrogen) atoms. The Bertz CT molecular complexity index is 629. The summed E-state index contributed by atoms with van der Waals surface area (Å²) in [6, 6.07) is 5.21. The summed E-state index contributed by atoms with van der Waals surface area (Å²) in [6.45, 7) is 4.35. The van der Waals surface area contributed by atoms with Crippen LogP contribution >= 0.6 is 0 Å². The van der Waals surface area contributed by atoms with Gasteiger partial charge in [-0.3, -0.25) is 9.59 Å². The molecule has 0 saturated carbocycles. The molecule has 0 spiro atoms. The van der Waals surface area contributed by atoms with Gasteiger partial charge in [0.1, 0.15) is 5.75 Å². The van der Waals surface area contributed by atoms with Crippen LogP contribution < -0.4 is 9.64 Å². The molecule has 0 unspecified atom stereocenters. The van der Waals surface area contributed by atoms with Gasteiger partial charge in [-0.05, 0) is 50.5 Å². The monoisotopic (exact) mass is 285 g/mol. The lowest BCUT2D eigenvalue weighted by Gasteiger charge is -2.22. The topological polar surface area (TPSA) is 46.6 Å². The van der Waals surface area contributed by atoms with Gasteiger partial charge in [-0.1, -0.05) is 17.7 Å². The zero-order valence-corrected chi connectivity index (χ0v) is 12.6. The molecule has 4 heteroatoms. The van der Waals surface area contributed by atoms with Crippen molar-refractivity contribution in [3.63, 3.8) is 0 Å². The highest BCUT2D eigenvalue weighted by Gasteiger charge is 2.19. The second kappa shape index (κ2) is 6.39. The summed E-state index contributed by atoms with van der Waals surface area (Å²) < 4.78 is 4.81. The van der Waals surface area contributed by atoms with Crippen LogP contribution in [0.25, 0.3) is 0 Å². The van der Waals surface area contributed by atoms with Gasteiger partial charge in [-0.15, -0.1) is 0 Å². The van der Waals surface area contributed by atoms with Crippen molar-refractivity contribution < 1.29 is 14.3 Å². The van der Waals surface area contributed by atoms with Crippen molar-refractivity contribution in [3.8, 4) is 5.75 Å². The SMILES string of the molecule is CC1=CC=C(C(=O)N(C)c2ccc(OC=O)cc2C)CC1. The molecule has 2 rings (SSSR count). The standard InChI is InChI=1S/C17H19NO3/c1-12-4-6-14(7-5-12)17(20)18(3)16-9-8-15(21-11-19)10-13(16)2/h4,6,8-11H,5,7H2,1-3H3. The van der Waals surface area contributed by atoms with Gasteiger partial charge in [0.2, 0.25) is 0 Å². The quantitative estimate of drug-likeness (QED) is 0.798. The average Bonchev–Trinajstić information content (AvgIpc) is 2.47. The van der Waals surface area contributed by atoms with Crippen molar-refractivity contribution in [1.82, 2.24) is 0 Å². The van der Waals surface area contributed by atoms with Crippen molar-refractivity contribution >= 4 is 18.1 Å². The Labute approximate surface area is 124 Å². The molecule has 4 nitrogen and oxygen atoms in total. The van der Waals surface area contributed by atoms with E-state index in [-0.39, 0.29) is 5.91 Å². The number of rotatable bonds is 4. The largest absolute Gasteiger partial charge is 0.429 e. The summed E-state index contributed by atoms with van der Waals surface area (Å²) in [4.78, 5) is 24.5. The molecule has 1 amide bonds. The molecule has 1 aromatic carbocycles. The van der Waals surface area contributed by atoms with Gasteiger partial charge in [-0.2, -0.15) is 0 Å². The normalized spacial score (nSPS) is 14.0. The number of hydrogen-bond acceptors (Lipinski definition) is 3. The summed E-state index contributed by atoms with van der Waals surface area (Å²) in [5.74, 6) is 0.480. The summed E-state index contributed by atoms with van der Waals surface area (Å²) >= 11 is 0. The number of ether oxygens (including phenoxy) is 1. The number of amides is 1. The van der Waals surface area contributed by atoms with Gasteiger partial charge >= 0.3 is 0 Å². The van der Waals surface area contributed by atoms with E-state index in [1.165, 1.54) is 5.57 Å². The van der Waals surface area contributed by atoms with E-state index in [2.05, 4.69) is 6.92 Å². The number of carbonyl (C=O) groups excluding carboxylic acids is 2. The molecule has 0 aromatic heterocycles. The highest BCUT2D eigenvalue weighted by Crippen LogP contribution is 2.27. The smallest absolute Gasteiger partial charge is 0.298 e. The lowest BCUT2D eigenvalue weighted by atomic mass is 9.98. The van der Waals surface area contributed by atoms with Crippen molar-refractivity contribution in [2.45, 2.75) is 26.7 Å². The second-order valence-electron chi connectivity index (χ2n) is 5.23. The predicted molar refractivity (Wildman–Crippen MR) is 82.4 cm³/mol. The molecule has 0 N–H and O–H groups in total. The van der Waals surface area contributed by atoms with Gasteiger partial charge in [0.25, 0.3) is 12.4 Å². The lowest BCUT2D eigenvalue weighted by molar-refractivity contribution is -0.120. The Morgan fingerprint density at radius 1 is 1.24 bits per heavy atom. The van der Waals surface area contributed by atoms with Gasteiger partial charge < -0.3 is 9.64 Å². The van der Waals surface area contributed by atoms with Crippen LogP contribution in [0, 0.1) is 6.92 Å². The molecule has 110 valence electrons. The van der Waals surface area contributed by atoms with Gasteiger partial charge in [0, 0.05) is 18.3 Å². The number of hydrogen-bond donors (Lipinski definition) is 0. The summed E-state index contributed by atoms with van der Waals surface area (Å²) in [7, 11) is 1.76. The van der Waals surface area contributed by atoms with Crippen LogP contribution in [0.3, 0.4) is 0 Å². The highest BCUT2D eigenvalue weighted by molar-refractivity contribution is 6.06. The average molecular weight is 285 g/mol. The minimum Gasteiger partial charge on any atom is -0.429 e. The Hall–Kier alpha value is -2.36. The molecule has 0 atom stereocenters. The fourth-order valence-electron chi connectivity index (χ4n) is 2.38. The Kier molecular flexibility index (Phi) is 4.58. The van der Waals surface area contributed by atoms with Crippen LogP contribution in [0.15, 0.2) is 41.5 Å². The third-order valence-corrected chi connectivity index (χ3v) is 3.65. The number of likely N-dealkylation sites (N-methyl/N-ethyl adjacent to an activating group) is 1. The molecule has 0 radical (unpaired) electrons. The second-order valence-corrected chi connectivity index (χ2v) is 5.23. The molecular formula is C17H19NO3. The molecule has 1 aliphatic rings. The fourth-order valence-corrected chi connectivity index (χ4v) is 2.38. The predicted octanol–water partition coefficient (Wildman–Crippen LogP) is 3.16. The molecule has 0 saturated heterocycles. The zero-order chi connectivity index (χ0) is 15.4. The highest BCUT2D eigenvalue weighted by atomic mass is 16.5. The van der Waals surface area contributed by atoms with Gasteiger partial charge in [0.05, 0.1) is 0 Å². The van der Waals surface area contributed by atoms with Crippen molar-refractivity contribution in [2.24, 2.45) is 0 Å². The third-order valence-electron chi connectivity index (χ3n) is 3.65. The van der Waals surface area contributed by atoms with Crippen LogP contribution in [0.2, 0.25) is 0 Å². The number of carbonyl (C=O) groups is 2. The maximum Gasteiger partial charge on any atom is 0.298 e. The van der Waals surface area contributed by atoms with Gasteiger partial charge in [0.15, 0.2) is 0 Å². The Balaban J connectivity index is 2.21. The minimum absolute atomic E-state index is 0.00547. The van der Waals surface area contributed by atoms with Crippen LogP contribution in [-0.2, 0) is 9.59 Å². The van der Waals surface area contributed by atoms with E-state index in [1.54, 1.807) is 30.1 Å². The summed E-state index contributed by atoms with van der Waals surface area (Å²) in [6.07, 6.45) is 5.60. The number of benzene rings is 1. The first-order valence-corrected chi connectivity index (χ1v) is 6.88. The minimum atomic E-state index is 0.00547. The molecular weight excluding hydrogens is 266 g/mol. The van der Waals surface area contributed by atoms with Crippen molar-refractivity contribution in [2.75, 3.05) is 11.9 Å². The number of nitrogens with zero attached hydrogens (tertiary/aromatic N) is 1. The lowest BCUT2D eigenvalue weighted by Crippen LogP contribution is -2.28. The summed E-state index contributed by atoms with van der Waals surface area (Å²) in [5, 5.41) is 0. The molecule has 1 aromatic rings. The Morgan fingerprint density at radius 3 is 2.57 bits per heavy atom. The van der Waals surface area contributed by atoms with Crippen LogP contribution in [0.4, 0.5) is 5.69 Å². The van der Waals surface area contributed by atoms with Crippen molar-refractivity contribution in [1.29, 1.82) is 0 Å². The third kappa shape index (κ3) is 3.40. The molecule has 0 bridgehead atoms. The molecule has 0 fully saturated rings. The number of allylic oxidation sites excluding steroid dienone is 3. The van der Waals surface area contributed by atoms with E-state index in [4.69, 9.17) is 4.74 Å². The molecule has 1 aliphatic carbocycles. The number of anilines is 1. The molecule has 0 aliphatic heterocycles. The maximum atomic E-state index is 12.5. The maximum absolute atomic E-state index is 12.5. The Morgan fingerprint density at radius 2 is 2.00 bits per heavy atom. The van der Waals surface area contributed by atoms with Crippen LogP contribution in [-0.4, -0.2) is 19.4 Å². The van der Waals surface area contributed by atoms with E-state index in [9.17, 15) is 9.59 Å². The van der Waals surface area contributed by atoms with Crippen LogP contribution in [0.1, 0.15) is 25.3 Å². The first-order valence-electron chi connectivity index (χ1n) is 6.88. The first-order chi connectivity index (χ1) is 10.0. The molecule has 0 heterocycles. The summed E-state index contributed by atoms with van der Waals surface area (Å²) in [5.41, 5.74) is 3.80.